The lowest BCUT2D eigenvalue weighted by Gasteiger charge is -2.42. The van der Waals surface area contributed by atoms with Crippen molar-refractivity contribution in [3.8, 4) is 0 Å². The van der Waals surface area contributed by atoms with Crippen LogP contribution in [-0.2, 0) is 52.5 Å². The molecule has 16 nitrogen and oxygen atoms in total. The van der Waals surface area contributed by atoms with Crippen molar-refractivity contribution in [2.45, 2.75) is 194 Å². The standard InChI is InChI=1S/C56H87NO15/c1-34-17-12-11-13-18-35(2)46(68-9)30-43-24-22-40(7)56(67,72-43)51(63)52(64)57-26-15-14-21-44(57)53(65)71-47(31-45(60)36(3)28-39(6)49(62)50(69-10)48(61)38(5)27-34)37(4)29-41-19-16-20-42(25-23-41)70-54(66)55(8,32-58)33-59/h11-13,17-18,28,34,36-38,40-44,46-47,49-50,58-59,62,67H,14-16,19-27,29-33H2,1-10H3/b13-11+,17-12+,35-18+,39-28+/t34-,36-,37-,38-,40-,41?,42?,43+,44+,46+,47+,49-,50+,56-/m1/s1. The molecule has 14 atom stereocenters. The highest BCUT2D eigenvalue weighted by molar-refractivity contribution is 6.39. The third kappa shape index (κ3) is 16.1. The zero-order chi connectivity index (χ0) is 53.5. The summed E-state index contributed by atoms with van der Waals surface area (Å²) in [5, 5.41) is 43.0. The van der Waals surface area contributed by atoms with Gasteiger partial charge >= 0.3 is 11.9 Å². The number of ether oxygens (including phenoxy) is 5. The van der Waals surface area contributed by atoms with Gasteiger partial charge in [0.2, 0.25) is 5.79 Å². The fourth-order valence-corrected chi connectivity index (χ4v) is 10.6. The van der Waals surface area contributed by atoms with Crippen LogP contribution in [0.25, 0.3) is 0 Å². The number of carbonyl (C=O) groups excluding carboxylic acids is 6. The van der Waals surface area contributed by atoms with Crippen LogP contribution in [0.15, 0.2) is 47.6 Å². The number of fused-ring (bicyclic) bond motifs is 3. The Bertz CT molecular complexity index is 1970. The topological polar surface area (TPSA) is 233 Å². The van der Waals surface area contributed by atoms with Gasteiger partial charge in [-0.05, 0) is 120 Å². The van der Waals surface area contributed by atoms with Crippen LogP contribution in [0.1, 0.15) is 145 Å². The predicted molar refractivity (Wildman–Crippen MR) is 270 cm³/mol. The Balaban J connectivity index is 1.68. The first-order valence-corrected chi connectivity index (χ1v) is 26.4. The van der Waals surface area contributed by atoms with Crippen LogP contribution in [-0.4, -0.2) is 143 Å². The number of cyclic esters (lactones) is 1. The summed E-state index contributed by atoms with van der Waals surface area (Å²) >= 11 is 0. The van der Waals surface area contributed by atoms with Gasteiger partial charge in [0.15, 0.2) is 5.78 Å². The van der Waals surface area contributed by atoms with Crippen LogP contribution >= 0.6 is 0 Å². The van der Waals surface area contributed by atoms with E-state index in [0.717, 1.165) is 18.4 Å². The van der Waals surface area contributed by atoms with E-state index >= 15 is 0 Å². The summed E-state index contributed by atoms with van der Waals surface area (Å²) in [6, 6.07) is -1.18. The van der Waals surface area contributed by atoms with Crippen molar-refractivity contribution in [1.29, 1.82) is 0 Å². The Labute approximate surface area is 428 Å². The van der Waals surface area contributed by atoms with E-state index in [1.54, 1.807) is 40.9 Å². The molecule has 1 amide bonds. The molecule has 4 rings (SSSR count). The maximum atomic E-state index is 14.5. The lowest BCUT2D eigenvalue weighted by atomic mass is 9.84. The van der Waals surface area contributed by atoms with E-state index in [4.69, 9.17) is 23.7 Å². The molecule has 0 aromatic rings. The normalized spacial score (nSPS) is 36.9. The number of hydrogen-bond acceptors (Lipinski definition) is 15. The first-order valence-electron chi connectivity index (χ1n) is 26.4. The molecule has 72 heavy (non-hydrogen) atoms. The molecule has 3 heterocycles. The molecule has 1 aliphatic carbocycles. The highest BCUT2D eigenvalue weighted by Crippen LogP contribution is 2.38. The second-order valence-electron chi connectivity index (χ2n) is 21.8. The molecule has 1 saturated carbocycles. The zero-order valence-corrected chi connectivity index (χ0v) is 44.7. The number of rotatable bonds is 9. The van der Waals surface area contributed by atoms with Crippen LogP contribution in [0.5, 0.6) is 0 Å². The molecule has 0 spiro atoms. The number of methoxy groups -OCH3 is 2. The second kappa shape index (κ2) is 28.1. The van der Waals surface area contributed by atoms with E-state index < -0.39 is 108 Å². The molecule has 2 saturated heterocycles. The largest absolute Gasteiger partial charge is 0.462 e. The molecule has 16 heteroatoms. The minimum absolute atomic E-state index is 0.000475. The highest BCUT2D eigenvalue weighted by Gasteiger charge is 2.53. The number of hydrogen-bond donors (Lipinski definition) is 4. The third-order valence-electron chi connectivity index (χ3n) is 15.8. The van der Waals surface area contributed by atoms with E-state index in [1.165, 1.54) is 18.9 Å². The van der Waals surface area contributed by atoms with E-state index in [9.17, 15) is 49.2 Å². The minimum Gasteiger partial charge on any atom is -0.462 e. The molecule has 2 bridgehead atoms. The quantitative estimate of drug-likeness (QED) is 0.0837. The smallest absolute Gasteiger partial charge is 0.329 e. The molecule has 406 valence electrons. The Morgan fingerprint density at radius 1 is 0.875 bits per heavy atom. The number of Topliss-reactive ketones (excluding diaryl/α,β-unsaturated/α-hetero) is 3. The molecular weight excluding hydrogens is 927 g/mol. The number of amides is 1. The van der Waals surface area contributed by atoms with Gasteiger partial charge in [0, 0.05) is 51.4 Å². The number of aliphatic hydroxyl groups is 4. The summed E-state index contributed by atoms with van der Waals surface area (Å²) in [5.74, 6) is -8.94. The summed E-state index contributed by atoms with van der Waals surface area (Å²) in [6.07, 6.45) is 12.7. The van der Waals surface area contributed by atoms with Crippen molar-refractivity contribution in [2.24, 2.45) is 40.9 Å². The Morgan fingerprint density at radius 2 is 1.58 bits per heavy atom. The van der Waals surface area contributed by atoms with Gasteiger partial charge in [0.1, 0.15) is 41.7 Å². The van der Waals surface area contributed by atoms with Crippen LogP contribution in [0.3, 0.4) is 0 Å². The minimum atomic E-state index is -2.46. The Hall–Kier alpha value is -3.90. The maximum absolute atomic E-state index is 14.5. The van der Waals surface area contributed by atoms with Crippen LogP contribution in [0.4, 0.5) is 0 Å². The predicted octanol–water partition coefficient (Wildman–Crippen LogP) is 6.49. The number of aliphatic hydroxyl groups excluding tert-OH is 3. The van der Waals surface area contributed by atoms with E-state index in [1.807, 2.05) is 51.2 Å². The lowest BCUT2D eigenvalue weighted by Crippen LogP contribution is -2.61. The van der Waals surface area contributed by atoms with Gasteiger partial charge in [-0.15, -0.1) is 0 Å². The second-order valence-corrected chi connectivity index (χ2v) is 21.8. The van der Waals surface area contributed by atoms with Crippen LogP contribution in [0.2, 0.25) is 0 Å². The van der Waals surface area contributed by atoms with Gasteiger partial charge in [-0.25, -0.2) is 4.79 Å². The molecule has 0 aromatic heterocycles. The number of allylic oxidation sites excluding steroid dienone is 6. The first kappa shape index (κ1) is 60.7. The van der Waals surface area contributed by atoms with Gasteiger partial charge in [-0.2, -0.15) is 0 Å². The number of carbonyl (C=O) groups is 6. The lowest BCUT2D eigenvalue weighted by molar-refractivity contribution is -0.265. The molecule has 4 N–H and O–H groups in total. The van der Waals surface area contributed by atoms with Crippen molar-refractivity contribution in [1.82, 2.24) is 4.90 Å². The van der Waals surface area contributed by atoms with Gasteiger partial charge in [-0.1, -0.05) is 77.5 Å². The maximum Gasteiger partial charge on any atom is 0.329 e. The Morgan fingerprint density at radius 3 is 2.25 bits per heavy atom. The fraction of sp³-hybridized carbons (Fsp3) is 0.750. The number of ketones is 3. The van der Waals surface area contributed by atoms with E-state index in [-0.39, 0.29) is 48.7 Å². The SMILES string of the molecule is CO[C@H]1C[C@@H]2CC[C@@H](C)[C@@](O)(O2)C(=O)C(=O)N2CCCC[C@H]2C(=O)O[C@H]([C@H](C)CC2CCCC(OC(=O)C(C)(CO)CO)CC2)CC(=O)[C@H](C)/C=C(\C)[C@@H](O)[C@@H](OC)C(=O)[C@H](C)C[C@H](C)/C=C/C=C/C=C/1C. The average molecular weight is 1010 g/mol. The molecule has 0 radical (unpaired) electrons. The van der Waals surface area contributed by atoms with Gasteiger partial charge in [0.25, 0.3) is 11.7 Å². The average Bonchev–Trinajstić information content (AvgIpc) is 3.59. The van der Waals surface area contributed by atoms with Crippen molar-refractivity contribution < 1.29 is 72.9 Å². The van der Waals surface area contributed by atoms with Crippen molar-refractivity contribution in [3.63, 3.8) is 0 Å². The summed E-state index contributed by atoms with van der Waals surface area (Å²) in [5.41, 5.74) is -0.191. The number of esters is 2. The Kier molecular flexibility index (Phi) is 23.7. The third-order valence-corrected chi connectivity index (χ3v) is 15.8. The summed E-state index contributed by atoms with van der Waals surface area (Å²) in [7, 11) is 2.94. The molecular formula is C56H87NO15. The summed E-state index contributed by atoms with van der Waals surface area (Å²) in [6.45, 7) is 13.0. The van der Waals surface area contributed by atoms with Crippen molar-refractivity contribution in [2.75, 3.05) is 34.0 Å². The molecule has 4 aliphatic rings. The zero-order valence-electron chi connectivity index (χ0n) is 44.7. The molecule has 2 unspecified atom stereocenters. The van der Waals surface area contributed by atoms with Crippen LogP contribution < -0.4 is 0 Å². The van der Waals surface area contributed by atoms with Crippen LogP contribution in [0, 0.1) is 40.9 Å². The molecule has 0 aromatic carbocycles. The first-order chi connectivity index (χ1) is 34.0. The monoisotopic (exact) mass is 1010 g/mol. The van der Waals surface area contributed by atoms with Crippen molar-refractivity contribution in [3.05, 3.63) is 47.6 Å². The van der Waals surface area contributed by atoms with Gasteiger partial charge in [0.05, 0.1) is 25.4 Å². The summed E-state index contributed by atoms with van der Waals surface area (Å²) in [4.78, 5) is 85.2. The van der Waals surface area contributed by atoms with Gasteiger partial charge < -0.3 is 49.0 Å². The van der Waals surface area contributed by atoms with Gasteiger partial charge in [-0.3, -0.25) is 24.0 Å². The molecule has 3 fully saturated rings. The highest BCUT2D eigenvalue weighted by atomic mass is 16.6. The van der Waals surface area contributed by atoms with E-state index in [0.29, 0.717) is 69.8 Å². The number of piperidine rings is 1. The number of nitrogens with zero attached hydrogens (tertiary/aromatic N) is 1. The van der Waals surface area contributed by atoms with Crippen molar-refractivity contribution >= 4 is 35.2 Å². The summed E-state index contributed by atoms with van der Waals surface area (Å²) < 4.78 is 29.7. The molecule has 3 aliphatic heterocycles. The fourth-order valence-electron chi connectivity index (χ4n) is 10.6. The van der Waals surface area contributed by atoms with E-state index in [2.05, 4.69) is 0 Å².